The summed E-state index contributed by atoms with van der Waals surface area (Å²) >= 11 is 0. The zero-order valence-electron chi connectivity index (χ0n) is 13.0. The molecule has 0 amide bonds. The molecule has 2 rings (SSSR count). The number of methoxy groups -OCH3 is 1. The van der Waals surface area contributed by atoms with Crippen LogP contribution in [-0.2, 0) is 6.42 Å². The summed E-state index contributed by atoms with van der Waals surface area (Å²) in [6.45, 7) is 3.52. The molecule has 1 atom stereocenters. The maximum absolute atomic E-state index is 5.19. The molecule has 0 saturated heterocycles. The molecule has 0 aliphatic heterocycles. The Labute approximate surface area is 123 Å². The summed E-state index contributed by atoms with van der Waals surface area (Å²) < 4.78 is 5.19. The van der Waals surface area contributed by atoms with E-state index in [1.807, 2.05) is 0 Å². The Morgan fingerprint density at radius 1 is 1.15 bits per heavy atom. The van der Waals surface area contributed by atoms with Gasteiger partial charge in [-0.1, -0.05) is 31.4 Å². The van der Waals surface area contributed by atoms with E-state index in [2.05, 4.69) is 36.5 Å². The molecule has 1 aliphatic carbocycles. The van der Waals surface area contributed by atoms with Gasteiger partial charge in [-0.25, -0.2) is 0 Å². The smallest absolute Gasteiger partial charge is 0.118 e. The fourth-order valence-corrected chi connectivity index (χ4v) is 3.04. The molecule has 0 radical (unpaired) electrons. The van der Waals surface area contributed by atoms with E-state index < -0.39 is 0 Å². The van der Waals surface area contributed by atoms with Crippen LogP contribution in [0.1, 0.15) is 51.0 Å². The molecule has 1 fully saturated rings. The van der Waals surface area contributed by atoms with E-state index in [-0.39, 0.29) is 0 Å². The Morgan fingerprint density at radius 3 is 2.50 bits per heavy atom. The molecule has 1 saturated carbocycles. The number of ether oxygens (including phenoxy) is 1. The van der Waals surface area contributed by atoms with Crippen molar-refractivity contribution in [2.75, 3.05) is 13.7 Å². The first-order chi connectivity index (χ1) is 9.78. The minimum atomic E-state index is 0.610. The van der Waals surface area contributed by atoms with Gasteiger partial charge in [0.05, 0.1) is 7.11 Å². The highest BCUT2D eigenvalue weighted by atomic mass is 16.5. The van der Waals surface area contributed by atoms with Gasteiger partial charge in [0, 0.05) is 6.04 Å². The fraction of sp³-hybridized carbons (Fsp3) is 0.667. The van der Waals surface area contributed by atoms with E-state index in [9.17, 15) is 0 Å². The molecule has 0 unspecified atom stereocenters. The first kappa shape index (κ1) is 15.4. The number of rotatable bonds is 7. The average molecular weight is 275 g/mol. The molecule has 20 heavy (non-hydrogen) atoms. The maximum Gasteiger partial charge on any atom is 0.118 e. The van der Waals surface area contributed by atoms with E-state index in [0.29, 0.717) is 6.04 Å². The Morgan fingerprint density at radius 2 is 1.85 bits per heavy atom. The van der Waals surface area contributed by atoms with Crippen LogP contribution in [-0.4, -0.2) is 19.7 Å². The van der Waals surface area contributed by atoms with Crippen LogP contribution in [0.5, 0.6) is 5.75 Å². The largest absolute Gasteiger partial charge is 0.497 e. The van der Waals surface area contributed by atoms with Crippen molar-refractivity contribution in [3.8, 4) is 5.75 Å². The summed E-state index contributed by atoms with van der Waals surface area (Å²) in [6, 6.07) is 9.06. The van der Waals surface area contributed by atoms with Gasteiger partial charge in [0.25, 0.3) is 0 Å². The van der Waals surface area contributed by atoms with Gasteiger partial charge in [0.15, 0.2) is 0 Å². The summed E-state index contributed by atoms with van der Waals surface area (Å²) in [7, 11) is 1.71. The van der Waals surface area contributed by atoms with Gasteiger partial charge in [-0.3, -0.25) is 0 Å². The van der Waals surface area contributed by atoms with E-state index in [1.165, 1.54) is 50.6 Å². The third-order valence-corrected chi connectivity index (χ3v) is 4.50. The molecule has 0 heterocycles. The number of nitrogens with one attached hydrogen (secondary N) is 1. The van der Waals surface area contributed by atoms with E-state index in [1.54, 1.807) is 7.11 Å². The molecular formula is C18H29NO. The van der Waals surface area contributed by atoms with Gasteiger partial charge in [-0.2, -0.15) is 0 Å². The van der Waals surface area contributed by atoms with Crippen LogP contribution in [0.2, 0.25) is 0 Å². The number of aryl methyl sites for hydroxylation is 1. The minimum Gasteiger partial charge on any atom is -0.497 e. The second-order valence-electron chi connectivity index (χ2n) is 6.20. The molecule has 1 aromatic carbocycles. The van der Waals surface area contributed by atoms with Crippen molar-refractivity contribution in [2.45, 2.75) is 57.9 Å². The van der Waals surface area contributed by atoms with Crippen LogP contribution in [0, 0.1) is 5.92 Å². The predicted octanol–water partition coefficient (Wildman–Crippen LogP) is 4.19. The molecule has 2 nitrogen and oxygen atoms in total. The third-order valence-electron chi connectivity index (χ3n) is 4.50. The molecule has 0 bridgehead atoms. The molecular weight excluding hydrogens is 246 g/mol. The molecule has 0 spiro atoms. The van der Waals surface area contributed by atoms with Crippen LogP contribution in [0.4, 0.5) is 0 Å². The van der Waals surface area contributed by atoms with Crippen LogP contribution in [0.25, 0.3) is 0 Å². The summed E-state index contributed by atoms with van der Waals surface area (Å²) in [5, 5.41) is 3.72. The van der Waals surface area contributed by atoms with Crippen molar-refractivity contribution in [1.29, 1.82) is 0 Å². The molecule has 1 N–H and O–H groups in total. The molecule has 0 aromatic heterocycles. The van der Waals surface area contributed by atoms with Crippen molar-refractivity contribution in [3.05, 3.63) is 29.8 Å². The lowest BCUT2D eigenvalue weighted by Crippen LogP contribution is -2.32. The number of hydrogen-bond donors (Lipinski definition) is 1. The van der Waals surface area contributed by atoms with Gasteiger partial charge < -0.3 is 10.1 Å². The first-order valence-electron chi connectivity index (χ1n) is 8.14. The third kappa shape index (κ3) is 5.16. The topological polar surface area (TPSA) is 21.3 Å². The maximum atomic E-state index is 5.19. The normalized spacial score (nSPS) is 17.9. The Balaban J connectivity index is 1.64. The first-order valence-corrected chi connectivity index (χ1v) is 8.14. The van der Waals surface area contributed by atoms with E-state index in [0.717, 1.165) is 18.1 Å². The quantitative estimate of drug-likeness (QED) is 0.806. The summed E-state index contributed by atoms with van der Waals surface area (Å²) in [6.07, 6.45) is 9.53. The van der Waals surface area contributed by atoms with Crippen molar-refractivity contribution >= 4 is 0 Å². The second-order valence-corrected chi connectivity index (χ2v) is 6.20. The number of hydrogen-bond acceptors (Lipinski definition) is 2. The molecule has 2 heteroatoms. The zero-order valence-corrected chi connectivity index (χ0v) is 13.0. The van der Waals surface area contributed by atoms with Crippen molar-refractivity contribution in [1.82, 2.24) is 5.32 Å². The molecule has 112 valence electrons. The molecule has 1 aliphatic rings. The highest BCUT2D eigenvalue weighted by Crippen LogP contribution is 2.23. The Hall–Kier alpha value is -1.02. The monoisotopic (exact) mass is 275 g/mol. The highest BCUT2D eigenvalue weighted by molar-refractivity contribution is 5.27. The molecule has 1 aromatic rings. The van der Waals surface area contributed by atoms with E-state index in [4.69, 9.17) is 4.74 Å². The predicted molar refractivity (Wildman–Crippen MR) is 85.4 cm³/mol. The van der Waals surface area contributed by atoms with Crippen LogP contribution < -0.4 is 10.1 Å². The lowest BCUT2D eigenvalue weighted by Gasteiger charge is -2.24. The second kappa shape index (κ2) is 8.31. The van der Waals surface area contributed by atoms with Crippen LogP contribution in [0.3, 0.4) is 0 Å². The number of benzene rings is 1. The van der Waals surface area contributed by atoms with E-state index >= 15 is 0 Å². The standard InChI is InChI=1S/C18H29NO/c1-15(19-14-17-6-4-3-5-7-17)8-9-16-10-12-18(20-2)13-11-16/h10-13,15,17,19H,3-9,14H2,1-2H3/t15-/m0/s1. The Kier molecular flexibility index (Phi) is 6.38. The van der Waals surface area contributed by atoms with Crippen molar-refractivity contribution in [3.63, 3.8) is 0 Å². The van der Waals surface area contributed by atoms with Gasteiger partial charge in [-0.15, -0.1) is 0 Å². The lowest BCUT2D eigenvalue weighted by atomic mass is 9.89. The minimum absolute atomic E-state index is 0.610. The van der Waals surface area contributed by atoms with Crippen LogP contribution in [0.15, 0.2) is 24.3 Å². The van der Waals surface area contributed by atoms with Gasteiger partial charge >= 0.3 is 0 Å². The SMILES string of the molecule is COc1ccc(CC[C@H](C)NCC2CCCCC2)cc1. The summed E-state index contributed by atoms with van der Waals surface area (Å²) in [5.41, 5.74) is 1.40. The summed E-state index contributed by atoms with van der Waals surface area (Å²) in [4.78, 5) is 0. The van der Waals surface area contributed by atoms with Crippen molar-refractivity contribution < 1.29 is 4.74 Å². The van der Waals surface area contributed by atoms with Gasteiger partial charge in [0.1, 0.15) is 5.75 Å². The zero-order chi connectivity index (χ0) is 14.2. The summed E-state index contributed by atoms with van der Waals surface area (Å²) in [5.74, 6) is 1.87. The Bertz CT molecular complexity index is 368. The highest BCUT2D eigenvalue weighted by Gasteiger charge is 2.13. The van der Waals surface area contributed by atoms with Gasteiger partial charge in [-0.05, 0) is 62.8 Å². The van der Waals surface area contributed by atoms with Gasteiger partial charge in [0.2, 0.25) is 0 Å². The van der Waals surface area contributed by atoms with Crippen molar-refractivity contribution in [2.24, 2.45) is 5.92 Å². The lowest BCUT2D eigenvalue weighted by molar-refractivity contribution is 0.327. The fourth-order valence-electron chi connectivity index (χ4n) is 3.04. The average Bonchev–Trinajstić information content (AvgIpc) is 2.52. The van der Waals surface area contributed by atoms with Crippen LogP contribution >= 0.6 is 0 Å².